The van der Waals surface area contributed by atoms with E-state index >= 15 is 0 Å². The fourth-order valence-electron chi connectivity index (χ4n) is 4.08. The fraction of sp³-hybridized carbons (Fsp3) is 1.00. The zero-order valence-corrected chi connectivity index (χ0v) is 13.6. The molecule has 0 aromatic carbocycles. The van der Waals surface area contributed by atoms with Crippen LogP contribution in [-0.2, 0) is 0 Å². The Hall–Kier alpha value is -0.120. The van der Waals surface area contributed by atoms with Crippen molar-refractivity contribution in [1.29, 1.82) is 0 Å². The minimum Gasteiger partial charge on any atom is -0.396 e. The molecule has 118 valence electrons. The summed E-state index contributed by atoms with van der Waals surface area (Å²) in [5, 5.41) is 17.0. The van der Waals surface area contributed by atoms with E-state index < -0.39 is 0 Å². The Bertz CT molecular complexity index is 281. The van der Waals surface area contributed by atoms with Crippen LogP contribution in [0.15, 0.2) is 0 Å². The van der Waals surface area contributed by atoms with Gasteiger partial charge in [-0.25, -0.2) is 0 Å². The maximum Gasteiger partial charge on any atom is 0.0446 e. The molecular weight excluding hydrogens is 248 g/mol. The van der Waals surface area contributed by atoms with Gasteiger partial charge in [0.1, 0.15) is 0 Å². The van der Waals surface area contributed by atoms with Gasteiger partial charge in [0, 0.05) is 24.7 Å². The first-order valence-corrected chi connectivity index (χ1v) is 8.62. The van der Waals surface area contributed by atoms with Crippen LogP contribution in [0.25, 0.3) is 0 Å². The second-order valence-electron chi connectivity index (χ2n) is 7.86. The van der Waals surface area contributed by atoms with Crippen LogP contribution >= 0.6 is 0 Å². The molecule has 1 heterocycles. The molecule has 2 fully saturated rings. The highest BCUT2D eigenvalue weighted by Crippen LogP contribution is 2.33. The highest BCUT2D eigenvalue weighted by molar-refractivity contribution is 4.95. The smallest absolute Gasteiger partial charge is 0.0446 e. The monoisotopic (exact) mass is 282 g/mol. The maximum atomic E-state index is 9.34. The van der Waals surface area contributed by atoms with E-state index in [1.54, 1.807) is 0 Å². The van der Waals surface area contributed by atoms with Crippen molar-refractivity contribution in [1.82, 2.24) is 10.6 Å². The molecule has 3 N–H and O–H groups in total. The first kappa shape index (κ1) is 16.3. The van der Waals surface area contributed by atoms with Gasteiger partial charge in [-0.15, -0.1) is 0 Å². The van der Waals surface area contributed by atoms with E-state index in [0.29, 0.717) is 12.1 Å². The largest absolute Gasteiger partial charge is 0.396 e. The second kappa shape index (κ2) is 7.24. The molecule has 0 aromatic rings. The molecule has 1 aliphatic heterocycles. The molecule has 2 rings (SSSR count). The average Bonchev–Trinajstić information content (AvgIpc) is 2.86. The number of hydrogen-bond acceptors (Lipinski definition) is 3. The van der Waals surface area contributed by atoms with Gasteiger partial charge in [-0.1, -0.05) is 33.6 Å². The van der Waals surface area contributed by atoms with Gasteiger partial charge in [0.15, 0.2) is 0 Å². The molecule has 0 aromatic heterocycles. The van der Waals surface area contributed by atoms with Gasteiger partial charge < -0.3 is 15.7 Å². The minimum atomic E-state index is 0.218. The fourth-order valence-corrected chi connectivity index (χ4v) is 4.08. The Labute approximate surface area is 124 Å². The SMILES string of the molecule is CC(C)(C)C(CCO)NC1CCCC1C1CCCCN1. The lowest BCUT2D eigenvalue weighted by Crippen LogP contribution is -2.52. The summed E-state index contributed by atoms with van der Waals surface area (Å²) in [5.41, 5.74) is 0.218. The summed E-state index contributed by atoms with van der Waals surface area (Å²) in [5.74, 6) is 0.791. The zero-order chi connectivity index (χ0) is 14.6. The van der Waals surface area contributed by atoms with Gasteiger partial charge in [0.2, 0.25) is 0 Å². The van der Waals surface area contributed by atoms with Crippen molar-refractivity contribution in [3.63, 3.8) is 0 Å². The maximum absolute atomic E-state index is 9.34. The summed E-state index contributed by atoms with van der Waals surface area (Å²) in [7, 11) is 0. The van der Waals surface area contributed by atoms with Gasteiger partial charge in [-0.2, -0.15) is 0 Å². The van der Waals surface area contributed by atoms with Gasteiger partial charge >= 0.3 is 0 Å². The van der Waals surface area contributed by atoms with Crippen molar-refractivity contribution >= 4 is 0 Å². The van der Waals surface area contributed by atoms with Gasteiger partial charge in [0.25, 0.3) is 0 Å². The standard InChI is InChI=1S/C17H34N2O/c1-17(2,3)16(10-12-20)19-15-9-6-7-13(15)14-8-4-5-11-18-14/h13-16,18-20H,4-12H2,1-3H3. The molecular formula is C17H34N2O. The lowest BCUT2D eigenvalue weighted by atomic mass is 9.82. The van der Waals surface area contributed by atoms with Crippen LogP contribution in [0.3, 0.4) is 0 Å². The molecule has 1 aliphatic carbocycles. The molecule has 0 radical (unpaired) electrons. The van der Waals surface area contributed by atoms with Crippen LogP contribution in [0.1, 0.15) is 65.7 Å². The first-order valence-electron chi connectivity index (χ1n) is 8.62. The molecule has 0 bridgehead atoms. The molecule has 20 heavy (non-hydrogen) atoms. The Morgan fingerprint density at radius 3 is 2.55 bits per heavy atom. The molecule has 4 unspecified atom stereocenters. The van der Waals surface area contributed by atoms with Gasteiger partial charge in [-0.05, 0) is 50.0 Å². The van der Waals surface area contributed by atoms with E-state index in [9.17, 15) is 5.11 Å². The molecule has 4 atom stereocenters. The summed E-state index contributed by atoms with van der Waals surface area (Å²) < 4.78 is 0. The van der Waals surface area contributed by atoms with Crippen molar-refractivity contribution in [3.05, 3.63) is 0 Å². The van der Waals surface area contributed by atoms with Crippen LogP contribution in [0.2, 0.25) is 0 Å². The number of nitrogens with one attached hydrogen (secondary N) is 2. The Morgan fingerprint density at radius 1 is 1.15 bits per heavy atom. The Morgan fingerprint density at radius 2 is 1.95 bits per heavy atom. The molecule has 0 spiro atoms. The van der Waals surface area contributed by atoms with E-state index in [4.69, 9.17) is 0 Å². The first-order chi connectivity index (χ1) is 9.52. The molecule has 3 heteroatoms. The van der Waals surface area contributed by atoms with E-state index in [2.05, 4.69) is 31.4 Å². The van der Waals surface area contributed by atoms with Gasteiger partial charge in [0.05, 0.1) is 0 Å². The van der Waals surface area contributed by atoms with Crippen molar-refractivity contribution in [2.45, 2.75) is 83.8 Å². The molecule has 3 nitrogen and oxygen atoms in total. The normalized spacial score (nSPS) is 33.3. The van der Waals surface area contributed by atoms with E-state index in [1.165, 1.54) is 45.1 Å². The number of rotatable bonds is 5. The third-order valence-corrected chi connectivity index (χ3v) is 5.31. The highest BCUT2D eigenvalue weighted by atomic mass is 16.3. The summed E-state index contributed by atoms with van der Waals surface area (Å²) in [6, 6.07) is 1.78. The van der Waals surface area contributed by atoms with Crippen molar-refractivity contribution in [3.8, 4) is 0 Å². The van der Waals surface area contributed by atoms with Crippen molar-refractivity contribution < 1.29 is 5.11 Å². The lowest BCUT2D eigenvalue weighted by molar-refractivity contribution is 0.163. The lowest BCUT2D eigenvalue weighted by Gasteiger charge is -2.38. The average molecular weight is 282 g/mol. The molecule has 2 aliphatic rings. The van der Waals surface area contributed by atoms with E-state index in [1.807, 2.05) is 0 Å². The molecule has 0 amide bonds. The molecule has 1 saturated heterocycles. The number of aliphatic hydroxyl groups is 1. The topological polar surface area (TPSA) is 44.3 Å². The van der Waals surface area contributed by atoms with Crippen LogP contribution in [0.5, 0.6) is 0 Å². The summed E-state index contributed by atoms with van der Waals surface area (Å²) in [6.07, 6.45) is 8.98. The summed E-state index contributed by atoms with van der Waals surface area (Å²) in [6.45, 7) is 8.33. The third kappa shape index (κ3) is 4.19. The molecule has 1 saturated carbocycles. The van der Waals surface area contributed by atoms with E-state index in [-0.39, 0.29) is 12.0 Å². The Kier molecular flexibility index (Phi) is 5.88. The Balaban J connectivity index is 1.95. The number of aliphatic hydroxyl groups excluding tert-OH is 1. The van der Waals surface area contributed by atoms with Gasteiger partial charge in [-0.3, -0.25) is 0 Å². The zero-order valence-electron chi connectivity index (χ0n) is 13.6. The predicted octanol–water partition coefficient (Wildman–Crippen LogP) is 2.68. The van der Waals surface area contributed by atoms with Crippen molar-refractivity contribution in [2.24, 2.45) is 11.3 Å². The minimum absolute atomic E-state index is 0.218. The second-order valence-corrected chi connectivity index (χ2v) is 7.86. The van der Waals surface area contributed by atoms with Crippen LogP contribution in [-0.4, -0.2) is 36.4 Å². The number of hydrogen-bond donors (Lipinski definition) is 3. The number of piperidine rings is 1. The predicted molar refractivity (Wildman–Crippen MR) is 84.9 cm³/mol. The van der Waals surface area contributed by atoms with Crippen LogP contribution in [0, 0.1) is 11.3 Å². The van der Waals surface area contributed by atoms with Crippen LogP contribution in [0.4, 0.5) is 0 Å². The third-order valence-electron chi connectivity index (χ3n) is 5.31. The summed E-state index contributed by atoms with van der Waals surface area (Å²) >= 11 is 0. The van der Waals surface area contributed by atoms with Crippen molar-refractivity contribution in [2.75, 3.05) is 13.2 Å². The van der Waals surface area contributed by atoms with Crippen LogP contribution < -0.4 is 10.6 Å². The van der Waals surface area contributed by atoms with E-state index in [0.717, 1.165) is 18.4 Å². The highest BCUT2D eigenvalue weighted by Gasteiger charge is 2.36. The quantitative estimate of drug-likeness (QED) is 0.726. The summed E-state index contributed by atoms with van der Waals surface area (Å²) in [4.78, 5) is 0.